The SMILES string of the molecule is O=C(Nc1cnc2ccc(N3CCC[C@@H]3c3cc(F)ccc3F)nn12)N1CC[C@@H](O)C1. The highest BCUT2D eigenvalue weighted by atomic mass is 19.1. The number of aromatic nitrogens is 3. The number of nitrogens with one attached hydrogen (secondary N) is 1. The van der Waals surface area contributed by atoms with Crippen LogP contribution in [-0.4, -0.2) is 56.4 Å². The maximum Gasteiger partial charge on any atom is 0.323 e. The lowest BCUT2D eigenvalue weighted by atomic mass is 10.0. The van der Waals surface area contributed by atoms with Gasteiger partial charge in [-0.15, -0.1) is 5.10 Å². The van der Waals surface area contributed by atoms with Crippen LogP contribution in [-0.2, 0) is 0 Å². The van der Waals surface area contributed by atoms with Gasteiger partial charge in [0.05, 0.1) is 18.3 Å². The Labute approximate surface area is 177 Å². The van der Waals surface area contributed by atoms with Gasteiger partial charge in [0.1, 0.15) is 17.5 Å². The third-order valence-corrected chi connectivity index (χ3v) is 5.90. The van der Waals surface area contributed by atoms with Gasteiger partial charge in [-0.3, -0.25) is 5.32 Å². The van der Waals surface area contributed by atoms with Gasteiger partial charge in [0.15, 0.2) is 11.5 Å². The first-order valence-corrected chi connectivity index (χ1v) is 10.3. The first-order valence-electron chi connectivity index (χ1n) is 10.3. The van der Waals surface area contributed by atoms with Crippen molar-refractivity contribution >= 4 is 23.3 Å². The fraction of sp³-hybridized carbons (Fsp3) is 0.381. The highest BCUT2D eigenvalue weighted by Crippen LogP contribution is 2.36. The molecule has 162 valence electrons. The van der Waals surface area contributed by atoms with Crippen LogP contribution in [0.1, 0.15) is 30.9 Å². The predicted octanol–water partition coefficient (Wildman–Crippen LogP) is 2.95. The molecule has 0 unspecified atom stereocenters. The molecule has 8 nitrogen and oxygen atoms in total. The van der Waals surface area contributed by atoms with Gasteiger partial charge in [0.2, 0.25) is 0 Å². The van der Waals surface area contributed by atoms with Crippen molar-refractivity contribution in [1.29, 1.82) is 0 Å². The summed E-state index contributed by atoms with van der Waals surface area (Å²) in [5, 5.41) is 17.1. The number of aliphatic hydroxyl groups is 1. The van der Waals surface area contributed by atoms with Crippen molar-refractivity contribution in [3.63, 3.8) is 0 Å². The number of benzene rings is 1. The monoisotopic (exact) mass is 428 g/mol. The zero-order valence-corrected chi connectivity index (χ0v) is 16.7. The smallest absolute Gasteiger partial charge is 0.323 e. The molecule has 0 spiro atoms. The molecule has 31 heavy (non-hydrogen) atoms. The molecule has 0 radical (unpaired) electrons. The van der Waals surface area contributed by atoms with Gasteiger partial charge in [-0.25, -0.2) is 18.6 Å². The first-order chi connectivity index (χ1) is 15.0. The van der Waals surface area contributed by atoms with Crippen molar-refractivity contribution in [3.05, 3.63) is 53.7 Å². The number of imidazole rings is 1. The van der Waals surface area contributed by atoms with Crippen LogP contribution in [0.4, 0.5) is 25.2 Å². The van der Waals surface area contributed by atoms with Crippen molar-refractivity contribution in [3.8, 4) is 0 Å². The molecule has 2 aromatic heterocycles. The van der Waals surface area contributed by atoms with E-state index in [4.69, 9.17) is 0 Å². The predicted molar refractivity (Wildman–Crippen MR) is 110 cm³/mol. The van der Waals surface area contributed by atoms with Crippen LogP contribution in [0.5, 0.6) is 0 Å². The van der Waals surface area contributed by atoms with Gasteiger partial charge in [0, 0.05) is 25.2 Å². The molecule has 4 heterocycles. The van der Waals surface area contributed by atoms with Crippen LogP contribution in [0.3, 0.4) is 0 Å². The molecule has 0 bridgehead atoms. The second-order valence-corrected chi connectivity index (χ2v) is 7.94. The summed E-state index contributed by atoms with van der Waals surface area (Å²) in [4.78, 5) is 20.3. The molecule has 2 amide bonds. The lowest BCUT2D eigenvalue weighted by molar-refractivity contribution is 0.176. The normalized spacial score (nSPS) is 21.3. The van der Waals surface area contributed by atoms with E-state index in [1.54, 1.807) is 12.1 Å². The zero-order chi connectivity index (χ0) is 21.5. The van der Waals surface area contributed by atoms with Crippen LogP contribution in [0.25, 0.3) is 5.65 Å². The van der Waals surface area contributed by atoms with Gasteiger partial charge >= 0.3 is 6.03 Å². The van der Waals surface area contributed by atoms with E-state index in [9.17, 15) is 18.7 Å². The maximum atomic E-state index is 14.4. The number of hydrogen-bond donors (Lipinski definition) is 2. The molecule has 2 saturated heterocycles. The molecule has 3 aromatic rings. The summed E-state index contributed by atoms with van der Waals surface area (Å²) in [6.45, 7) is 1.42. The molecule has 2 aliphatic heterocycles. The fourth-order valence-electron chi connectivity index (χ4n) is 4.35. The highest BCUT2D eigenvalue weighted by molar-refractivity contribution is 5.89. The molecule has 10 heteroatoms. The van der Waals surface area contributed by atoms with Crippen molar-refractivity contribution < 1.29 is 18.7 Å². The van der Waals surface area contributed by atoms with E-state index in [2.05, 4.69) is 15.4 Å². The first kappa shape index (κ1) is 19.7. The number of amides is 2. The van der Waals surface area contributed by atoms with Gasteiger partial charge in [-0.2, -0.15) is 4.52 Å². The number of urea groups is 1. The van der Waals surface area contributed by atoms with E-state index < -0.39 is 17.7 Å². The van der Waals surface area contributed by atoms with Gasteiger partial charge in [-0.05, 0) is 49.6 Å². The van der Waals surface area contributed by atoms with Gasteiger partial charge in [-0.1, -0.05) is 0 Å². The number of β-amino-alcohol motifs (C(OH)–C–C–N with tert-alkyl or cyclic N) is 1. The molecule has 2 N–H and O–H groups in total. The summed E-state index contributed by atoms with van der Waals surface area (Å²) < 4.78 is 29.7. The fourth-order valence-corrected chi connectivity index (χ4v) is 4.35. The number of likely N-dealkylation sites (tertiary alicyclic amines) is 1. The van der Waals surface area contributed by atoms with Crippen LogP contribution in [0.2, 0.25) is 0 Å². The van der Waals surface area contributed by atoms with E-state index in [-0.39, 0.29) is 18.6 Å². The minimum absolute atomic E-state index is 0.288. The molecular formula is C21H22F2N6O2. The molecule has 0 saturated carbocycles. The summed E-state index contributed by atoms with van der Waals surface area (Å²) in [6.07, 6.45) is 3.07. The number of hydrogen-bond acceptors (Lipinski definition) is 5. The van der Waals surface area contributed by atoms with E-state index in [1.807, 2.05) is 4.90 Å². The third kappa shape index (κ3) is 3.67. The third-order valence-electron chi connectivity index (χ3n) is 5.90. The Morgan fingerprint density at radius 3 is 2.84 bits per heavy atom. The number of nitrogens with zero attached hydrogens (tertiary/aromatic N) is 5. The molecule has 5 rings (SSSR count). The van der Waals surface area contributed by atoms with E-state index >= 15 is 0 Å². The number of rotatable bonds is 3. The topological polar surface area (TPSA) is 86.0 Å². The van der Waals surface area contributed by atoms with Crippen molar-refractivity contribution in [2.75, 3.05) is 29.9 Å². The van der Waals surface area contributed by atoms with Gasteiger partial charge < -0.3 is 14.9 Å². The molecule has 2 fully saturated rings. The molecule has 0 aliphatic carbocycles. The molecule has 2 atom stereocenters. The van der Waals surface area contributed by atoms with Crippen LogP contribution >= 0.6 is 0 Å². The molecular weight excluding hydrogens is 406 g/mol. The molecule has 1 aromatic carbocycles. The van der Waals surface area contributed by atoms with Crippen LogP contribution in [0, 0.1) is 11.6 Å². The Bertz CT molecular complexity index is 1140. The van der Waals surface area contributed by atoms with Gasteiger partial charge in [0.25, 0.3) is 0 Å². The largest absolute Gasteiger partial charge is 0.391 e. The number of fused-ring (bicyclic) bond motifs is 1. The quantitative estimate of drug-likeness (QED) is 0.670. The Morgan fingerprint density at radius 2 is 2.03 bits per heavy atom. The summed E-state index contributed by atoms with van der Waals surface area (Å²) in [7, 11) is 0. The lowest BCUT2D eigenvalue weighted by Gasteiger charge is -2.26. The Balaban J connectivity index is 1.43. The number of halogens is 2. The summed E-state index contributed by atoms with van der Waals surface area (Å²) in [6, 6.07) is 6.41. The average molecular weight is 428 g/mol. The zero-order valence-electron chi connectivity index (χ0n) is 16.7. The summed E-state index contributed by atoms with van der Waals surface area (Å²) >= 11 is 0. The van der Waals surface area contributed by atoms with Crippen molar-refractivity contribution in [1.82, 2.24) is 19.5 Å². The number of aliphatic hydroxyl groups excluding tert-OH is 1. The Morgan fingerprint density at radius 1 is 1.16 bits per heavy atom. The van der Waals surface area contributed by atoms with E-state index in [1.165, 1.54) is 21.7 Å². The minimum atomic E-state index is -0.506. The number of carbonyl (C=O) groups is 1. The van der Waals surface area contributed by atoms with Crippen molar-refractivity contribution in [2.24, 2.45) is 0 Å². The molecule has 2 aliphatic rings. The lowest BCUT2D eigenvalue weighted by Crippen LogP contribution is -2.34. The highest BCUT2D eigenvalue weighted by Gasteiger charge is 2.30. The second kappa shape index (κ2) is 7.77. The second-order valence-electron chi connectivity index (χ2n) is 7.94. The summed E-state index contributed by atoms with van der Waals surface area (Å²) in [5.41, 5.74) is 0.860. The minimum Gasteiger partial charge on any atom is -0.391 e. The summed E-state index contributed by atoms with van der Waals surface area (Å²) in [5.74, 6) is 0.0701. The van der Waals surface area contributed by atoms with E-state index in [0.29, 0.717) is 48.8 Å². The van der Waals surface area contributed by atoms with E-state index in [0.717, 1.165) is 18.6 Å². The standard InChI is InChI=1S/C21H22F2N6O2/c22-13-3-4-16(23)15(10-13)17-2-1-8-28(17)19-6-5-18-24-11-20(29(18)26-19)25-21(31)27-9-7-14(30)12-27/h3-6,10-11,14,17,30H,1-2,7-9,12H2,(H,25,31)/t14-,17-/m1/s1. The van der Waals surface area contributed by atoms with Crippen LogP contribution < -0.4 is 10.2 Å². The maximum absolute atomic E-state index is 14.4. The number of carbonyl (C=O) groups excluding carboxylic acids is 1. The Kier molecular flexibility index (Phi) is 4.93. The van der Waals surface area contributed by atoms with Crippen LogP contribution in [0.15, 0.2) is 36.5 Å². The van der Waals surface area contributed by atoms with Crippen molar-refractivity contribution in [2.45, 2.75) is 31.4 Å². The number of anilines is 2. The average Bonchev–Trinajstić information content (AvgIpc) is 3.49. The Hall–Kier alpha value is -3.27.